The zero-order valence-electron chi connectivity index (χ0n) is 19.3. The van der Waals surface area contributed by atoms with E-state index in [1.54, 1.807) is 18.5 Å². The van der Waals surface area contributed by atoms with E-state index in [2.05, 4.69) is 15.5 Å². The van der Waals surface area contributed by atoms with Crippen LogP contribution in [-0.4, -0.2) is 21.4 Å². The Bertz CT molecular complexity index is 1620. The average Bonchev–Trinajstić information content (AvgIpc) is 3.41. The second-order valence-corrected chi connectivity index (χ2v) is 9.11. The molecule has 1 aliphatic carbocycles. The lowest BCUT2D eigenvalue weighted by atomic mass is 9.71. The Kier molecular flexibility index (Phi) is 5.18. The molecule has 3 aromatic carbocycles. The number of hydrogen-bond donors (Lipinski definition) is 3. The van der Waals surface area contributed by atoms with Crippen LogP contribution in [0, 0.1) is 0 Å². The summed E-state index contributed by atoms with van der Waals surface area (Å²) in [7, 11) is 0. The number of hydrogen-bond acceptors (Lipinski definition) is 4. The number of benzene rings is 3. The largest absolute Gasteiger partial charge is 0.465 e. The van der Waals surface area contributed by atoms with Crippen LogP contribution in [0.3, 0.4) is 0 Å². The number of para-hydroxylation sites is 1. The van der Waals surface area contributed by atoms with Crippen molar-refractivity contribution < 1.29 is 14.3 Å². The fourth-order valence-electron chi connectivity index (χ4n) is 5.07. The van der Waals surface area contributed by atoms with Crippen molar-refractivity contribution >= 4 is 17.1 Å². The van der Waals surface area contributed by atoms with E-state index in [4.69, 9.17) is 4.42 Å². The standard InChI is InChI=1S/C29H23N3O4/c33-25-23-9-4-8-22(20-16-30-31-17-20)27(23)36-26(19-6-2-1-3-7-19)24(25)18-10-12-21(13-11-18)29(14-5-15-29)32-28(34)35/h1-4,6-13,16-17,32H,5,14-15H2,(H,30,31)(H,34,35). The molecule has 7 heteroatoms. The van der Waals surface area contributed by atoms with Crippen molar-refractivity contribution in [2.24, 2.45) is 0 Å². The molecule has 3 N–H and O–H groups in total. The second kappa shape index (κ2) is 8.53. The highest BCUT2D eigenvalue weighted by atomic mass is 16.4. The first-order chi connectivity index (χ1) is 17.6. The Morgan fingerprint density at radius 2 is 1.72 bits per heavy atom. The smallest absolute Gasteiger partial charge is 0.405 e. The van der Waals surface area contributed by atoms with Crippen LogP contribution in [0.1, 0.15) is 24.8 Å². The van der Waals surface area contributed by atoms with Gasteiger partial charge in [0, 0.05) is 22.9 Å². The van der Waals surface area contributed by atoms with Gasteiger partial charge in [-0.05, 0) is 36.5 Å². The van der Waals surface area contributed by atoms with Crippen molar-refractivity contribution in [2.75, 3.05) is 0 Å². The van der Waals surface area contributed by atoms with Gasteiger partial charge < -0.3 is 14.8 Å². The van der Waals surface area contributed by atoms with Crippen molar-refractivity contribution in [1.29, 1.82) is 0 Å². The van der Waals surface area contributed by atoms with Crippen LogP contribution in [0.5, 0.6) is 0 Å². The maximum atomic E-state index is 14.0. The number of nitrogens with zero attached hydrogens (tertiary/aromatic N) is 1. The van der Waals surface area contributed by atoms with E-state index in [0.717, 1.165) is 41.5 Å². The summed E-state index contributed by atoms with van der Waals surface area (Å²) in [4.78, 5) is 25.3. The van der Waals surface area contributed by atoms with E-state index in [1.165, 1.54) is 0 Å². The number of H-pyrrole nitrogens is 1. The molecular weight excluding hydrogens is 454 g/mol. The maximum absolute atomic E-state index is 14.0. The van der Waals surface area contributed by atoms with Crippen molar-refractivity contribution in [3.8, 4) is 33.6 Å². The quantitative estimate of drug-likeness (QED) is 0.281. The Labute approximate surface area is 206 Å². The number of nitrogens with one attached hydrogen (secondary N) is 2. The van der Waals surface area contributed by atoms with Gasteiger partial charge in [-0.1, -0.05) is 66.7 Å². The molecule has 36 heavy (non-hydrogen) atoms. The molecule has 1 amide bonds. The first-order valence-electron chi connectivity index (χ1n) is 11.8. The molecule has 1 aliphatic rings. The number of carbonyl (C=O) groups is 1. The van der Waals surface area contributed by atoms with Gasteiger partial charge in [0.05, 0.1) is 22.7 Å². The molecule has 0 spiro atoms. The van der Waals surface area contributed by atoms with Crippen molar-refractivity contribution in [2.45, 2.75) is 24.8 Å². The van der Waals surface area contributed by atoms with Crippen LogP contribution in [0.15, 0.2) is 94.4 Å². The Balaban J connectivity index is 1.56. The lowest BCUT2D eigenvalue weighted by Crippen LogP contribution is -2.50. The number of aromatic nitrogens is 2. The third-order valence-corrected chi connectivity index (χ3v) is 7.04. The molecule has 178 valence electrons. The highest BCUT2D eigenvalue weighted by molar-refractivity contribution is 5.96. The third kappa shape index (κ3) is 3.56. The zero-order valence-corrected chi connectivity index (χ0v) is 19.3. The third-order valence-electron chi connectivity index (χ3n) is 7.04. The first kappa shape index (κ1) is 21.9. The van der Waals surface area contributed by atoms with Gasteiger partial charge in [-0.2, -0.15) is 5.10 Å². The van der Waals surface area contributed by atoms with E-state index in [-0.39, 0.29) is 5.43 Å². The summed E-state index contributed by atoms with van der Waals surface area (Å²) in [5.41, 5.74) is 4.29. The van der Waals surface area contributed by atoms with Crippen LogP contribution < -0.4 is 10.7 Å². The van der Waals surface area contributed by atoms with Crippen LogP contribution in [0.2, 0.25) is 0 Å². The molecule has 0 unspecified atom stereocenters. The fourth-order valence-corrected chi connectivity index (χ4v) is 5.07. The fraction of sp³-hybridized carbons (Fsp3) is 0.138. The highest BCUT2D eigenvalue weighted by Gasteiger charge is 2.40. The van der Waals surface area contributed by atoms with Gasteiger partial charge in [0.25, 0.3) is 0 Å². The predicted octanol–water partition coefficient (Wildman–Crippen LogP) is 6.16. The molecule has 7 nitrogen and oxygen atoms in total. The molecule has 1 saturated carbocycles. The summed E-state index contributed by atoms with van der Waals surface area (Å²) >= 11 is 0. The van der Waals surface area contributed by atoms with Gasteiger partial charge >= 0.3 is 6.09 Å². The summed E-state index contributed by atoms with van der Waals surface area (Å²) in [6.07, 6.45) is 4.91. The molecule has 0 radical (unpaired) electrons. The van der Waals surface area contributed by atoms with Gasteiger partial charge in [-0.15, -0.1) is 0 Å². The SMILES string of the molecule is O=C(O)NC1(c2ccc(-c3c(-c4ccccc4)oc4c(-c5cn[nH]c5)cccc4c3=O)cc2)CCC1. The minimum atomic E-state index is -1.03. The number of amides is 1. The van der Waals surface area contributed by atoms with Crippen molar-refractivity contribution in [3.63, 3.8) is 0 Å². The topological polar surface area (TPSA) is 108 Å². The Morgan fingerprint density at radius 1 is 0.944 bits per heavy atom. The van der Waals surface area contributed by atoms with Gasteiger partial charge in [-0.25, -0.2) is 4.79 Å². The second-order valence-electron chi connectivity index (χ2n) is 9.11. The maximum Gasteiger partial charge on any atom is 0.405 e. The summed E-state index contributed by atoms with van der Waals surface area (Å²) in [5, 5.41) is 19.4. The normalized spacial score (nSPS) is 14.3. The van der Waals surface area contributed by atoms with Crippen LogP contribution in [0.25, 0.3) is 44.5 Å². The van der Waals surface area contributed by atoms with Crippen LogP contribution in [-0.2, 0) is 5.54 Å². The predicted molar refractivity (Wildman–Crippen MR) is 138 cm³/mol. The molecule has 2 aromatic heterocycles. The number of carboxylic acid groups (broad SMARTS) is 1. The minimum absolute atomic E-state index is 0.129. The molecule has 5 aromatic rings. The molecule has 1 fully saturated rings. The van der Waals surface area contributed by atoms with Gasteiger partial charge in [0.2, 0.25) is 5.43 Å². The molecule has 2 heterocycles. The first-order valence-corrected chi connectivity index (χ1v) is 11.8. The molecule has 0 atom stereocenters. The number of aromatic amines is 1. The van der Waals surface area contributed by atoms with Crippen LogP contribution in [0.4, 0.5) is 4.79 Å². The summed E-state index contributed by atoms with van der Waals surface area (Å²) in [6.45, 7) is 0. The Morgan fingerprint density at radius 3 is 2.36 bits per heavy atom. The molecule has 0 saturated heterocycles. The monoisotopic (exact) mass is 477 g/mol. The molecule has 0 bridgehead atoms. The Hall–Kier alpha value is -4.65. The van der Waals surface area contributed by atoms with Crippen molar-refractivity contribution in [1.82, 2.24) is 15.5 Å². The lowest BCUT2D eigenvalue weighted by molar-refractivity contribution is 0.144. The van der Waals surface area contributed by atoms with Crippen molar-refractivity contribution in [3.05, 3.63) is 101 Å². The van der Waals surface area contributed by atoms with E-state index in [9.17, 15) is 14.7 Å². The van der Waals surface area contributed by atoms with E-state index in [1.807, 2.05) is 66.7 Å². The molecule has 6 rings (SSSR count). The van der Waals surface area contributed by atoms with Crippen LogP contribution >= 0.6 is 0 Å². The van der Waals surface area contributed by atoms with Gasteiger partial charge in [-0.3, -0.25) is 9.89 Å². The molecule has 0 aliphatic heterocycles. The zero-order chi connectivity index (χ0) is 24.7. The number of fused-ring (bicyclic) bond motifs is 1. The highest BCUT2D eigenvalue weighted by Crippen LogP contribution is 2.42. The van der Waals surface area contributed by atoms with E-state index in [0.29, 0.717) is 27.9 Å². The van der Waals surface area contributed by atoms with Gasteiger partial charge in [0.1, 0.15) is 11.3 Å². The number of rotatable bonds is 5. The average molecular weight is 478 g/mol. The van der Waals surface area contributed by atoms with E-state index >= 15 is 0 Å². The summed E-state index contributed by atoms with van der Waals surface area (Å²) in [6, 6.07) is 22.7. The minimum Gasteiger partial charge on any atom is -0.465 e. The molecular formula is C29H23N3O4. The summed E-state index contributed by atoms with van der Waals surface area (Å²) in [5.74, 6) is 0.485. The van der Waals surface area contributed by atoms with E-state index < -0.39 is 11.6 Å². The summed E-state index contributed by atoms with van der Waals surface area (Å²) < 4.78 is 6.52. The lowest BCUT2D eigenvalue weighted by Gasteiger charge is -2.42. The van der Waals surface area contributed by atoms with Gasteiger partial charge in [0.15, 0.2) is 0 Å².